The van der Waals surface area contributed by atoms with Gasteiger partial charge in [0, 0.05) is 24.6 Å². The van der Waals surface area contributed by atoms with Crippen LogP contribution >= 0.6 is 0 Å². The standard InChI is InChI=1S/C28H36N4O4/c1-18(2)15-19(3)30-21-16-22-24(31-27(33)23-11-8-14-36-23)25(28(34)35-4)32(26(22)29-17-21)13-12-20-9-6-5-7-10-20/h5-7,9-10,16-19,23,30H,8,11-15H2,1-4H3,(H,31,33)/t19-,23+/m0/s1. The molecular weight excluding hydrogens is 456 g/mol. The van der Waals surface area contributed by atoms with Crippen LogP contribution in [0.1, 0.15) is 56.1 Å². The van der Waals surface area contributed by atoms with Crippen molar-refractivity contribution in [2.45, 2.75) is 65.1 Å². The molecule has 1 saturated heterocycles. The predicted molar refractivity (Wildman–Crippen MR) is 141 cm³/mol. The lowest BCUT2D eigenvalue weighted by Gasteiger charge is -2.17. The molecule has 1 amide bonds. The van der Waals surface area contributed by atoms with E-state index in [1.54, 1.807) is 6.20 Å². The maximum absolute atomic E-state index is 13.1. The molecule has 36 heavy (non-hydrogen) atoms. The summed E-state index contributed by atoms with van der Waals surface area (Å²) in [5, 5.41) is 7.19. The number of esters is 1. The quantitative estimate of drug-likeness (QED) is 0.386. The highest BCUT2D eigenvalue weighted by Crippen LogP contribution is 2.34. The summed E-state index contributed by atoms with van der Waals surface area (Å²) in [6.45, 7) is 7.57. The number of nitrogens with zero attached hydrogens (tertiary/aromatic N) is 2. The van der Waals surface area contributed by atoms with Crippen LogP contribution in [-0.2, 0) is 27.2 Å². The van der Waals surface area contributed by atoms with Crippen molar-refractivity contribution < 1.29 is 19.1 Å². The Morgan fingerprint density at radius 2 is 2.00 bits per heavy atom. The predicted octanol–water partition coefficient (Wildman–Crippen LogP) is 5.03. The number of rotatable bonds is 10. The number of fused-ring (bicyclic) bond motifs is 1. The van der Waals surface area contributed by atoms with E-state index >= 15 is 0 Å². The maximum Gasteiger partial charge on any atom is 0.356 e. The molecule has 192 valence electrons. The molecule has 1 aliphatic rings. The highest BCUT2D eigenvalue weighted by atomic mass is 16.5. The molecule has 2 atom stereocenters. The first-order chi connectivity index (χ1) is 17.4. The SMILES string of the molecule is COC(=O)c1c(NC(=O)[C@H]2CCCO2)c2cc(N[C@@H](C)CC(C)C)cnc2n1CCc1ccccc1. The second kappa shape index (κ2) is 11.6. The van der Waals surface area contributed by atoms with Gasteiger partial charge in [-0.1, -0.05) is 44.2 Å². The number of amides is 1. The first kappa shape index (κ1) is 25.7. The summed E-state index contributed by atoms with van der Waals surface area (Å²) in [5.74, 6) is -0.229. The van der Waals surface area contributed by atoms with E-state index in [9.17, 15) is 9.59 Å². The van der Waals surface area contributed by atoms with Crippen molar-refractivity contribution in [3.8, 4) is 0 Å². The summed E-state index contributed by atoms with van der Waals surface area (Å²) >= 11 is 0. The number of aryl methyl sites for hydroxylation is 2. The number of hydrogen-bond acceptors (Lipinski definition) is 6. The molecule has 0 bridgehead atoms. The maximum atomic E-state index is 13.1. The van der Waals surface area contributed by atoms with Crippen molar-refractivity contribution in [1.82, 2.24) is 9.55 Å². The lowest BCUT2D eigenvalue weighted by molar-refractivity contribution is -0.124. The van der Waals surface area contributed by atoms with E-state index in [2.05, 4.69) is 43.5 Å². The van der Waals surface area contributed by atoms with Gasteiger partial charge in [-0.05, 0) is 50.2 Å². The van der Waals surface area contributed by atoms with Crippen molar-refractivity contribution in [2.24, 2.45) is 5.92 Å². The summed E-state index contributed by atoms with van der Waals surface area (Å²) in [4.78, 5) is 30.9. The number of aromatic nitrogens is 2. The first-order valence-corrected chi connectivity index (χ1v) is 12.7. The number of pyridine rings is 1. The fraction of sp³-hybridized carbons (Fsp3) is 0.464. The van der Waals surface area contributed by atoms with Crippen molar-refractivity contribution >= 4 is 34.3 Å². The lowest BCUT2D eigenvalue weighted by Crippen LogP contribution is -2.28. The molecule has 2 aromatic heterocycles. The normalized spacial score (nSPS) is 16.3. The van der Waals surface area contributed by atoms with Crippen LogP contribution in [0.25, 0.3) is 11.0 Å². The smallest absolute Gasteiger partial charge is 0.356 e. The van der Waals surface area contributed by atoms with Gasteiger partial charge in [-0.25, -0.2) is 9.78 Å². The Morgan fingerprint density at radius 3 is 2.67 bits per heavy atom. The summed E-state index contributed by atoms with van der Waals surface area (Å²) in [5.41, 5.74) is 3.30. The minimum Gasteiger partial charge on any atom is -0.464 e. The van der Waals surface area contributed by atoms with E-state index < -0.39 is 12.1 Å². The minimum atomic E-state index is -0.529. The first-order valence-electron chi connectivity index (χ1n) is 12.7. The highest BCUT2D eigenvalue weighted by Gasteiger charge is 2.30. The van der Waals surface area contributed by atoms with E-state index in [4.69, 9.17) is 14.5 Å². The van der Waals surface area contributed by atoms with Crippen LogP contribution in [0.15, 0.2) is 42.6 Å². The van der Waals surface area contributed by atoms with Gasteiger partial charge in [0.2, 0.25) is 0 Å². The number of anilines is 2. The number of hydrogen-bond donors (Lipinski definition) is 2. The third-order valence-electron chi connectivity index (χ3n) is 6.45. The van der Waals surface area contributed by atoms with Gasteiger partial charge in [0.25, 0.3) is 5.91 Å². The van der Waals surface area contributed by atoms with Crippen LogP contribution in [0.3, 0.4) is 0 Å². The number of nitrogens with one attached hydrogen (secondary N) is 2. The van der Waals surface area contributed by atoms with Crippen LogP contribution < -0.4 is 10.6 Å². The lowest BCUT2D eigenvalue weighted by atomic mass is 10.1. The van der Waals surface area contributed by atoms with Gasteiger partial charge in [-0.3, -0.25) is 4.79 Å². The molecule has 0 spiro atoms. The minimum absolute atomic E-state index is 0.245. The van der Waals surface area contributed by atoms with E-state index in [1.165, 1.54) is 7.11 Å². The Kier molecular flexibility index (Phi) is 8.25. The van der Waals surface area contributed by atoms with Crippen LogP contribution in [0, 0.1) is 5.92 Å². The highest BCUT2D eigenvalue weighted by molar-refractivity contribution is 6.12. The van der Waals surface area contributed by atoms with Gasteiger partial charge in [0.05, 0.1) is 24.7 Å². The number of carbonyl (C=O) groups is 2. The second-order valence-corrected chi connectivity index (χ2v) is 9.86. The Morgan fingerprint density at radius 1 is 1.22 bits per heavy atom. The molecular formula is C28H36N4O4. The van der Waals surface area contributed by atoms with Crippen LogP contribution in [0.4, 0.5) is 11.4 Å². The number of ether oxygens (including phenoxy) is 2. The molecule has 8 heteroatoms. The van der Waals surface area contributed by atoms with Gasteiger partial charge < -0.3 is 24.7 Å². The fourth-order valence-corrected chi connectivity index (χ4v) is 4.88. The summed E-state index contributed by atoms with van der Waals surface area (Å²) in [6, 6.07) is 12.3. The molecule has 1 fully saturated rings. The number of benzene rings is 1. The molecule has 1 aromatic carbocycles. The monoisotopic (exact) mass is 492 g/mol. The third-order valence-corrected chi connectivity index (χ3v) is 6.45. The number of methoxy groups -OCH3 is 1. The van der Waals surface area contributed by atoms with E-state index in [0.717, 1.165) is 24.1 Å². The molecule has 4 rings (SSSR count). The molecule has 0 unspecified atom stereocenters. The molecule has 0 radical (unpaired) electrons. The zero-order valence-electron chi connectivity index (χ0n) is 21.5. The zero-order chi connectivity index (χ0) is 25.7. The van der Waals surface area contributed by atoms with Crippen LogP contribution in [-0.4, -0.2) is 47.3 Å². The molecule has 0 aliphatic carbocycles. The summed E-state index contributed by atoms with van der Waals surface area (Å²) in [7, 11) is 1.35. The molecule has 0 saturated carbocycles. The second-order valence-electron chi connectivity index (χ2n) is 9.86. The fourth-order valence-electron chi connectivity index (χ4n) is 4.88. The summed E-state index contributed by atoms with van der Waals surface area (Å²) in [6.07, 6.45) is 4.45. The van der Waals surface area contributed by atoms with E-state index in [-0.39, 0.29) is 17.6 Å². The zero-order valence-corrected chi connectivity index (χ0v) is 21.5. The Bertz CT molecular complexity index is 1200. The molecule has 8 nitrogen and oxygen atoms in total. The van der Waals surface area contributed by atoms with Gasteiger partial charge in [0.15, 0.2) is 5.69 Å². The molecule has 3 aromatic rings. The topological polar surface area (TPSA) is 94.5 Å². The molecule has 2 N–H and O–H groups in total. The van der Waals surface area contributed by atoms with E-state index in [1.807, 2.05) is 28.8 Å². The van der Waals surface area contributed by atoms with Crippen molar-refractivity contribution in [2.75, 3.05) is 24.4 Å². The molecule has 3 heterocycles. The van der Waals surface area contributed by atoms with Gasteiger partial charge in [0.1, 0.15) is 11.8 Å². The van der Waals surface area contributed by atoms with Gasteiger partial charge >= 0.3 is 5.97 Å². The third kappa shape index (κ3) is 5.87. The van der Waals surface area contributed by atoms with Gasteiger partial charge in [-0.2, -0.15) is 0 Å². The Hall–Kier alpha value is -3.39. The Labute approximate surface area is 212 Å². The van der Waals surface area contributed by atoms with Crippen LogP contribution in [0.2, 0.25) is 0 Å². The number of carbonyl (C=O) groups excluding carboxylic acids is 2. The average molecular weight is 493 g/mol. The van der Waals surface area contributed by atoms with Gasteiger partial charge in [-0.15, -0.1) is 0 Å². The van der Waals surface area contributed by atoms with Crippen LogP contribution in [0.5, 0.6) is 0 Å². The Balaban J connectivity index is 1.77. The van der Waals surface area contributed by atoms with Crippen molar-refractivity contribution in [3.63, 3.8) is 0 Å². The van der Waals surface area contributed by atoms with Crippen molar-refractivity contribution in [3.05, 3.63) is 53.9 Å². The average Bonchev–Trinajstić information content (AvgIpc) is 3.49. The summed E-state index contributed by atoms with van der Waals surface area (Å²) < 4.78 is 12.6. The molecule has 1 aliphatic heterocycles. The van der Waals surface area contributed by atoms with Crippen molar-refractivity contribution in [1.29, 1.82) is 0 Å². The largest absolute Gasteiger partial charge is 0.464 e. The van der Waals surface area contributed by atoms with E-state index in [0.29, 0.717) is 48.6 Å².